The van der Waals surface area contributed by atoms with Gasteiger partial charge in [-0.2, -0.15) is 5.11 Å². The first-order valence-electron chi connectivity index (χ1n) is 7.60. The minimum absolute atomic E-state index is 0.0429. The van der Waals surface area contributed by atoms with E-state index in [4.69, 9.17) is 0 Å². The monoisotopic (exact) mass is 363 g/mol. The number of nitro benzene ring substituents is 2. The van der Waals surface area contributed by atoms with Crippen LogP contribution in [0.25, 0.3) is 11.1 Å². The molecular weight excluding hydrogens is 352 g/mol. The van der Waals surface area contributed by atoms with Gasteiger partial charge in [0.15, 0.2) is 0 Å². The molecule has 0 aliphatic heterocycles. The van der Waals surface area contributed by atoms with Crippen molar-refractivity contribution in [3.05, 3.63) is 87.0 Å². The van der Waals surface area contributed by atoms with Crippen LogP contribution in [0.5, 0.6) is 5.75 Å². The van der Waals surface area contributed by atoms with E-state index in [0.29, 0.717) is 23.0 Å². The number of nitrogens with zero attached hydrogens (tertiary/aromatic N) is 4. The van der Waals surface area contributed by atoms with E-state index in [-0.39, 0.29) is 5.56 Å². The second kappa shape index (κ2) is 7.40. The van der Waals surface area contributed by atoms with Gasteiger partial charge in [-0.25, -0.2) is 0 Å². The van der Waals surface area contributed by atoms with E-state index < -0.39 is 27.0 Å². The summed E-state index contributed by atoms with van der Waals surface area (Å²) >= 11 is 0. The number of phenolic OH excluding ortho intramolecular Hbond substituents is 1. The first-order chi connectivity index (χ1) is 13.0. The van der Waals surface area contributed by atoms with Crippen LogP contribution in [0.4, 0.5) is 22.7 Å². The molecule has 0 saturated heterocycles. The van der Waals surface area contributed by atoms with Crippen molar-refractivity contribution in [1.29, 1.82) is 0 Å². The van der Waals surface area contributed by atoms with Gasteiger partial charge in [-0.1, -0.05) is 24.3 Å². The Hall–Kier alpha value is -4.14. The number of aromatic hydroxyl groups is 1. The van der Waals surface area contributed by atoms with Crippen molar-refractivity contribution in [3.8, 4) is 16.9 Å². The van der Waals surface area contributed by atoms with Crippen molar-refractivity contribution >= 4 is 22.7 Å². The lowest BCUT2D eigenvalue weighted by molar-refractivity contribution is -0.394. The van der Waals surface area contributed by atoms with Crippen molar-refractivity contribution in [2.45, 2.75) is 0 Å². The van der Waals surface area contributed by atoms with Gasteiger partial charge < -0.3 is 5.11 Å². The molecule has 0 fully saturated rings. The summed E-state index contributed by atoms with van der Waals surface area (Å²) in [4.78, 5) is 20.4. The van der Waals surface area contributed by atoms with Gasteiger partial charge in [-0.05, 0) is 29.8 Å². The van der Waals surface area contributed by atoms with Gasteiger partial charge >= 0.3 is 5.69 Å². The number of azo groups is 1. The first kappa shape index (κ1) is 17.7. The standard InChI is InChI=1S/C18H11N4O5/c23-18-16(10-15(21(24)25)11-17(18)22(26)27)12-6-8-14(9-7-12)20-19-13-4-2-1-3-5-13/h1-8,10-11,23H. The van der Waals surface area contributed by atoms with Gasteiger partial charge in [-0.15, -0.1) is 5.11 Å². The van der Waals surface area contributed by atoms with Crippen LogP contribution in [0.15, 0.2) is 70.9 Å². The van der Waals surface area contributed by atoms with Crippen molar-refractivity contribution < 1.29 is 15.0 Å². The molecule has 3 aromatic rings. The minimum Gasteiger partial charge on any atom is -0.502 e. The molecule has 9 heteroatoms. The molecule has 0 bridgehead atoms. The van der Waals surface area contributed by atoms with E-state index in [2.05, 4.69) is 16.3 Å². The third-order valence-corrected chi connectivity index (χ3v) is 3.62. The number of phenols is 1. The van der Waals surface area contributed by atoms with E-state index in [1.165, 1.54) is 18.2 Å². The van der Waals surface area contributed by atoms with Gasteiger partial charge in [0.05, 0.1) is 27.3 Å². The average Bonchev–Trinajstić information content (AvgIpc) is 2.67. The van der Waals surface area contributed by atoms with Crippen molar-refractivity contribution in [1.82, 2.24) is 0 Å². The van der Waals surface area contributed by atoms with Crippen LogP contribution in [-0.2, 0) is 0 Å². The van der Waals surface area contributed by atoms with E-state index in [1.807, 2.05) is 18.2 Å². The third-order valence-electron chi connectivity index (χ3n) is 3.62. The van der Waals surface area contributed by atoms with Gasteiger partial charge in [0.25, 0.3) is 5.69 Å². The van der Waals surface area contributed by atoms with Crippen LogP contribution in [0.2, 0.25) is 0 Å². The van der Waals surface area contributed by atoms with Crippen molar-refractivity contribution in [3.63, 3.8) is 0 Å². The lowest BCUT2D eigenvalue weighted by atomic mass is 10.0. The van der Waals surface area contributed by atoms with Gasteiger partial charge in [0.1, 0.15) is 0 Å². The topological polar surface area (TPSA) is 131 Å². The average molecular weight is 363 g/mol. The van der Waals surface area contributed by atoms with E-state index in [0.717, 1.165) is 6.07 Å². The fourth-order valence-electron chi connectivity index (χ4n) is 2.32. The summed E-state index contributed by atoms with van der Waals surface area (Å²) in [6.45, 7) is 0. The first-order valence-corrected chi connectivity index (χ1v) is 7.60. The summed E-state index contributed by atoms with van der Waals surface area (Å²) in [6.07, 6.45) is 0. The van der Waals surface area contributed by atoms with Crippen LogP contribution in [-0.4, -0.2) is 15.0 Å². The lowest BCUT2D eigenvalue weighted by Crippen LogP contribution is -1.95. The number of nitro groups is 2. The molecule has 1 N–H and O–H groups in total. The molecule has 0 saturated carbocycles. The van der Waals surface area contributed by atoms with Crippen molar-refractivity contribution in [2.24, 2.45) is 10.2 Å². The van der Waals surface area contributed by atoms with E-state index in [1.54, 1.807) is 12.1 Å². The maximum atomic E-state index is 11.0. The molecule has 1 radical (unpaired) electrons. The van der Waals surface area contributed by atoms with Crippen LogP contribution in [0.3, 0.4) is 0 Å². The van der Waals surface area contributed by atoms with Gasteiger partial charge in [-0.3, -0.25) is 20.2 Å². The molecule has 27 heavy (non-hydrogen) atoms. The molecule has 3 rings (SSSR count). The second-order valence-electron chi connectivity index (χ2n) is 5.37. The molecule has 0 aliphatic rings. The van der Waals surface area contributed by atoms with Crippen LogP contribution in [0, 0.1) is 26.3 Å². The highest BCUT2D eigenvalue weighted by Crippen LogP contribution is 2.40. The Morgan fingerprint density at radius 3 is 2.26 bits per heavy atom. The number of benzene rings is 3. The Balaban J connectivity index is 1.96. The fraction of sp³-hybridized carbons (Fsp3) is 0. The van der Waals surface area contributed by atoms with Crippen molar-refractivity contribution in [2.75, 3.05) is 0 Å². The zero-order valence-corrected chi connectivity index (χ0v) is 13.6. The molecule has 3 aromatic carbocycles. The van der Waals surface area contributed by atoms with E-state index >= 15 is 0 Å². The SMILES string of the molecule is O=[N+]([O-])c1cc(-c2c[c]c(N=Nc3ccccc3)cc2)c(O)c([N+](=O)[O-])c1. The maximum absolute atomic E-state index is 11.0. The molecule has 0 aromatic heterocycles. The quantitative estimate of drug-likeness (QED) is 0.383. The Labute approximate surface area is 152 Å². The number of rotatable bonds is 5. The second-order valence-corrected chi connectivity index (χ2v) is 5.37. The molecule has 0 heterocycles. The number of hydrogen-bond donors (Lipinski definition) is 1. The summed E-state index contributed by atoms with van der Waals surface area (Å²) in [5.74, 6) is -0.655. The number of non-ortho nitro benzene ring substituents is 1. The zero-order valence-electron chi connectivity index (χ0n) is 13.6. The summed E-state index contributed by atoms with van der Waals surface area (Å²) in [6, 6.07) is 18.1. The Morgan fingerprint density at radius 1 is 0.926 bits per heavy atom. The van der Waals surface area contributed by atoms with Gasteiger partial charge in [0.2, 0.25) is 5.75 Å². The molecular formula is C18H11N4O5. The highest BCUT2D eigenvalue weighted by Gasteiger charge is 2.24. The van der Waals surface area contributed by atoms with Gasteiger partial charge in [0, 0.05) is 17.7 Å². The Bertz CT molecular complexity index is 1030. The normalized spacial score (nSPS) is 10.8. The lowest BCUT2D eigenvalue weighted by Gasteiger charge is -2.06. The highest BCUT2D eigenvalue weighted by molar-refractivity contribution is 5.78. The molecule has 9 nitrogen and oxygen atoms in total. The smallest absolute Gasteiger partial charge is 0.318 e. The predicted molar refractivity (Wildman–Crippen MR) is 96.3 cm³/mol. The summed E-state index contributed by atoms with van der Waals surface area (Å²) in [5.41, 5.74) is 0.0787. The molecule has 0 spiro atoms. The minimum atomic E-state index is -0.877. The van der Waals surface area contributed by atoms with Crippen LogP contribution < -0.4 is 0 Å². The largest absolute Gasteiger partial charge is 0.502 e. The summed E-state index contributed by atoms with van der Waals surface area (Å²) < 4.78 is 0. The summed E-state index contributed by atoms with van der Waals surface area (Å²) in [5, 5.41) is 40.2. The maximum Gasteiger partial charge on any atom is 0.318 e. The molecule has 0 unspecified atom stereocenters. The Kier molecular flexibility index (Phi) is 4.84. The Morgan fingerprint density at radius 2 is 1.67 bits per heavy atom. The highest BCUT2D eigenvalue weighted by atomic mass is 16.6. The van der Waals surface area contributed by atoms with Crippen LogP contribution >= 0.6 is 0 Å². The fourth-order valence-corrected chi connectivity index (χ4v) is 2.32. The van der Waals surface area contributed by atoms with Crippen LogP contribution in [0.1, 0.15) is 0 Å². The molecule has 0 amide bonds. The zero-order chi connectivity index (χ0) is 19.4. The summed E-state index contributed by atoms with van der Waals surface area (Å²) in [7, 11) is 0. The molecule has 0 atom stereocenters. The number of hydrogen-bond acceptors (Lipinski definition) is 7. The molecule has 133 valence electrons. The predicted octanol–water partition coefficient (Wildman–Crippen LogP) is 5.09. The van der Waals surface area contributed by atoms with E-state index in [9.17, 15) is 25.3 Å². The third kappa shape index (κ3) is 3.93. The molecule has 0 aliphatic carbocycles.